The van der Waals surface area contributed by atoms with E-state index in [1.54, 1.807) is 48.5 Å². The first kappa shape index (κ1) is 20.9. The van der Waals surface area contributed by atoms with E-state index in [0.29, 0.717) is 21.9 Å². The van der Waals surface area contributed by atoms with Gasteiger partial charge in [-0.25, -0.2) is 0 Å². The number of carboxylic acids is 1. The Morgan fingerprint density at radius 1 is 1.24 bits per heavy atom. The van der Waals surface area contributed by atoms with Gasteiger partial charge in [0, 0.05) is 4.47 Å². The van der Waals surface area contributed by atoms with Crippen molar-refractivity contribution in [3.05, 3.63) is 57.4 Å². The van der Waals surface area contributed by atoms with Crippen molar-refractivity contribution in [2.24, 2.45) is 0 Å². The average Bonchev–Trinajstić information content (AvgIpc) is 2.96. The third-order valence-electron chi connectivity index (χ3n) is 4.03. The quantitative estimate of drug-likeness (QED) is 0.644. The highest BCUT2D eigenvalue weighted by Crippen LogP contribution is 2.37. The molecule has 1 N–H and O–H groups in total. The van der Waals surface area contributed by atoms with E-state index in [1.165, 1.54) is 18.9 Å². The number of carbonyl (C=O) groups excluding carboxylic acids is 2. The van der Waals surface area contributed by atoms with Crippen LogP contribution in [0.15, 0.2) is 51.8 Å². The summed E-state index contributed by atoms with van der Waals surface area (Å²) in [6.45, 7) is 1.36. The largest absolute Gasteiger partial charge is 0.546 e. The molecule has 2 aromatic carbocycles. The van der Waals surface area contributed by atoms with E-state index in [2.05, 4.69) is 15.9 Å². The van der Waals surface area contributed by atoms with Crippen LogP contribution < -0.4 is 19.5 Å². The summed E-state index contributed by atoms with van der Waals surface area (Å²) in [5.74, 6) is -1.06. The second kappa shape index (κ2) is 8.71. The van der Waals surface area contributed by atoms with Crippen LogP contribution >= 0.6 is 27.7 Å². The summed E-state index contributed by atoms with van der Waals surface area (Å²) in [4.78, 5) is 25.4. The molecule has 2 aromatic rings. The molecule has 0 radical (unpaired) electrons. The molecular formula is C20H16BrN2O5S-. The number of thioether (sulfide) groups is 1. The number of halogens is 1. The molecule has 1 fully saturated rings. The van der Waals surface area contributed by atoms with Crippen LogP contribution in [-0.2, 0) is 9.59 Å². The Kier molecular flexibility index (Phi) is 6.29. The number of amides is 1. The third-order valence-corrected chi connectivity index (χ3v) is 5.45. The van der Waals surface area contributed by atoms with Gasteiger partial charge in [0.1, 0.15) is 6.10 Å². The number of aliphatic carboxylic acids is 1. The molecule has 0 bridgehead atoms. The van der Waals surface area contributed by atoms with Gasteiger partial charge in [0.25, 0.3) is 5.91 Å². The van der Waals surface area contributed by atoms with Gasteiger partial charge in [-0.05, 0) is 66.7 Å². The maximum absolute atomic E-state index is 12.8. The zero-order valence-corrected chi connectivity index (χ0v) is 17.9. The van der Waals surface area contributed by atoms with Crippen LogP contribution in [0.1, 0.15) is 12.5 Å². The minimum absolute atomic E-state index is 0.110. The summed E-state index contributed by atoms with van der Waals surface area (Å²) in [7, 11) is 1.43. The van der Waals surface area contributed by atoms with Gasteiger partial charge in [0.05, 0.1) is 23.7 Å². The van der Waals surface area contributed by atoms with Gasteiger partial charge in [-0.3, -0.25) is 15.1 Å². The number of hydrogen-bond donors (Lipinski definition) is 1. The number of rotatable bonds is 6. The molecule has 0 saturated carbocycles. The number of nitrogens with zero attached hydrogens (tertiary/aromatic N) is 1. The van der Waals surface area contributed by atoms with Crippen molar-refractivity contribution in [1.82, 2.24) is 0 Å². The fourth-order valence-electron chi connectivity index (χ4n) is 2.57. The zero-order valence-electron chi connectivity index (χ0n) is 15.5. The Balaban J connectivity index is 1.86. The molecule has 0 unspecified atom stereocenters. The zero-order chi connectivity index (χ0) is 21.1. The van der Waals surface area contributed by atoms with Crippen molar-refractivity contribution in [3.8, 4) is 11.5 Å². The summed E-state index contributed by atoms with van der Waals surface area (Å²) >= 11 is 4.41. The lowest BCUT2D eigenvalue weighted by Gasteiger charge is -2.17. The van der Waals surface area contributed by atoms with E-state index in [4.69, 9.17) is 14.9 Å². The van der Waals surface area contributed by atoms with Crippen LogP contribution in [0.4, 0.5) is 5.69 Å². The lowest BCUT2D eigenvalue weighted by atomic mass is 10.1. The van der Waals surface area contributed by atoms with E-state index in [0.717, 1.165) is 16.2 Å². The number of methoxy groups -OCH3 is 1. The van der Waals surface area contributed by atoms with Crippen LogP contribution in [0.3, 0.4) is 0 Å². The first-order chi connectivity index (χ1) is 13.8. The molecule has 1 saturated heterocycles. The van der Waals surface area contributed by atoms with E-state index < -0.39 is 12.1 Å². The topological polar surface area (TPSA) is 103 Å². The Morgan fingerprint density at radius 3 is 2.55 bits per heavy atom. The molecule has 0 aliphatic carbocycles. The van der Waals surface area contributed by atoms with Crippen LogP contribution in [0.25, 0.3) is 6.08 Å². The van der Waals surface area contributed by atoms with E-state index in [-0.39, 0.29) is 16.8 Å². The number of carbonyl (C=O) groups is 2. The summed E-state index contributed by atoms with van der Waals surface area (Å²) in [6.07, 6.45) is 0.509. The molecule has 1 aliphatic heterocycles. The standard InChI is InChI=1S/C20H17BrN2O5S/c1-11(19(25)26)28-15-8-3-12(9-16(15)27-2)10-17-18(24)23(20(22)29-17)14-6-4-13(21)5-7-14/h3-11,22H,1-2H3,(H,25,26)/p-1/b17-10-,22-20?/t11-/m0/s1. The molecular weight excluding hydrogens is 460 g/mol. The number of hydrogen-bond acceptors (Lipinski definition) is 7. The van der Waals surface area contributed by atoms with Gasteiger partial charge in [0.15, 0.2) is 16.7 Å². The second-order valence-corrected chi connectivity index (χ2v) is 7.97. The van der Waals surface area contributed by atoms with Crippen molar-refractivity contribution in [2.45, 2.75) is 13.0 Å². The number of benzene rings is 2. The summed E-state index contributed by atoms with van der Waals surface area (Å²) in [5.41, 5.74) is 1.26. The number of ether oxygens (including phenoxy) is 2. The Bertz CT molecular complexity index is 1010. The number of carboxylic acid groups (broad SMARTS) is 1. The lowest BCUT2D eigenvalue weighted by Crippen LogP contribution is -2.37. The average molecular weight is 476 g/mol. The van der Waals surface area contributed by atoms with Gasteiger partial charge in [-0.1, -0.05) is 22.0 Å². The fraction of sp³-hybridized carbons (Fsp3) is 0.150. The SMILES string of the molecule is COc1cc(/C=C2\SC(=N)N(c3ccc(Br)cc3)C2=O)ccc1O[C@@H](C)C(=O)[O-]. The molecule has 1 atom stereocenters. The predicted molar refractivity (Wildman–Crippen MR) is 113 cm³/mol. The molecule has 1 amide bonds. The second-order valence-electron chi connectivity index (χ2n) is 6.02. The van der Waals surface area contributed by atoms with Gasteiger partial charge in [-0.15, -0.1) is 0 Å². The van der Waals surface area contributed by atoms with Gasteiger partial charge >= 0.3 is 0 Å². The van der Waals surface area contributed by atoms with Gasteiger partial charge in [0.2, 0.25) is 0 Å². The van der Waals surface area contributed by atoms with Crippen molar-refractivity contribution < 1.29 is 24.2 Å². The molecule has 0 spiro atoms. The maximum atomic E-state index is 12.8. The minimum Gasteiger partial charge on any atom is -0.546 e. The normalized spacial score (nSPS) is 16.2. The monoisotopic (exact) mass is 475 g/mol. The molecule has 9 heteroatoms. The smallest absolute Gasteiger partial charge is 0.271 e. The molecule has 0 aromatic heterocycles. The maximum Gasteiger partial charge on any atom is 0.271 e. The van der Waals surface area contributed by atoms with Gasteiger partial charge < -0.3 is 19.4 Å². The highest BCUT2D eigenvalue weighted by molar-refractivity contribution is 9.10. The summed E-state index contributed by atoms with van der Waals surface area (Å²) < 4.78 is 11.5. The Hall–Kier alpha value is -2.78. The highest BCUT2D eigenvalue weighted by Gasteiger charge is 2.33. The van der Waals surface area contributed by atoms with Crippen LogP contribution in [0.2, 0.25) is 0 Å². The van der Waals surface area contributed by atoms with Crippen LogP contribution in [0.5, 0.6) is 11.5 Å². The highest BCUT2D eigenvalue weighted by atomic mass is 79.9. The Labute approximate surface area is 179 Å². The van der Waals surface area contributed by atoms with Crippen molar-refractivity contribution >= 4 is 56.5 Å². The summed E-state index contributed by atoms with van der Waals surface area (Å²) in [5, 5.41) is 19.2. The van der Waals surface area contributed by atoms with E-state index in [1.807, 2.05) is 0 Å². The van der Waals surface area contributed by atoms with Crippen molar-refractivity contribution in [1.29, 1.82) is 5.41 Å². The van der Waals surface area contributed by atoms with Crippen LogP contribution in [-0.4, -0.2) is 30.3 Å². The molecule has 1 aliphatic rings. The number of amidine groups is 1. The van der Waals surface area contributed by atoms with Crippen molar-refractivity contribution in [3.63, 3.8) is 0 Å². The molecule has 3 rings (SSSR count). The summed E-state index contributed by atoms with van der Waals surface area (Å²) in [6, 6.07) is 12.0. The molecule has 150 valence electrons. The van der Waals surface area contributed by atoms with Gasteiger partial charge in [-0.2, -0.15) is 0 Å². The predicted octanol–water partition coefficient (Wildman–Crippen LogP) is 3.03. The lowest BCUT2D eigenvalue weighted by molar-refractivity contribution is -0.312. The fourth-order valence-corrected chi connectivity index (χ4v) is 3.70. The minimum atomic E-state index is -1.34. The first-order valence-electron chi connectivity index (χ1n) is 8.44. The third kappa shape index (κ3) is 4.63. The molecule has 7 nitrogen and oxygen atoms in total. The van der Waals surface area contributed by atoms with Crippen LogP contribution in [0, 0.1) is 5.41 Å². The van der Waals surface area contributed by atoms with E-state index in [9.17, 15) is 14.7 Å². The number of nitrogens with one attached hydrogen (secondary N) is 1. The first-order valence-corrected chi connectivity index (χ1v) is 10.0. The Morgan fingerprint density at radius 2 is 1.93 bits per heavy atom. The number of anilines is 1. The van der Waals surface area contributed by atoms with E-state index >= 15 is 0 Å². The van der Waals surface area contributed by atoms with Crippen molar-refractivity contribution in [2.75, 3.05) is 12.0 Å². The molecule has 1 heterocycles. The molecule has 29 heavy (non-hydrogen) atoms.